The first-order valence-corrected chi connectivity index (χ1v) is 7.94. The molecule has 0 saturated carbocycles. The van der Waals surface area contributed by atoms with Gasteiger partial charge in [-0.2, -0.15) is 5.10 Å². The van der Waals surface area contributed by atoms with Crippen LogP contribution in [0.5, 0.6) is 0 Å². The fourth-order valence-corrected chi connectivity index (χ4v) is 2.52. The number of hydrogen-bond acceptors (Lipinski definition) is 3. The number of nitrogens with one attached hydrogen (secondary N) is 1. The standard InChI is InChI=1S/C17H15BrN4O/c18-16-7-5-13(6-8-16)17(23)20-9-14-3-1-2-4-15(14)10-22-12-19-11-21-22/h1-8,11-12H,9-10H2,(H,20,23). The number of rotatable bonds is 5. The van der Waals surface area contributed by atoms with Gasteiger partial charge in [0, 0.05) is 16.6 Å². The molecule has 0 aliphatic heterocycles. The zero-order valence-corrected chi connectivity index (χ0v) is 13.9. The van der Waals surface area contributed by atoms with E-state index in [4.69, 9.17) is 0 Å². The molecule has 6 heteroatoms. The van der Waals surface area contributed by atoms with Crippen LogP contribution in [0.4, 0.5) is 0 Å². The maximum absolute atomic E-state index is 12.2. The van der Waals surface area contributed by atoms with Crippen LogP contribution in [0.1, 0.15) is 21.5 Å². The Balaban J connectivity index is 1.68. The molecule has 116 valence electrons. The third-order valence-electron chi connectivity index (χ3n) is 3.46. The summed E-state index contributed by atoms with van der Waals surface area (Å²) in [4.78, 5) is 16.2. The zero-order valence-electron chi connectivity index (χ0n) is 12.3. The van der Waals surface area contributed by atoms with Gasteiger partial charge in [0.05, 0.1) is 6.54 Å². The van der Waals surface area contributed by atoms with Crippen molar-refractivity contribution < 1.29 is 4.79 Å². The summed E-state index contributed by atoms with van der Waals surface area (Å²) in [5, 5.41) is 7.07. The van der Waals surface area contributed by atoms with E-state index in [1.165, 1.54) is 6.33 Å². The summed E-state index contributed by atoms with van der Waals surface area (Å²) in [5.41, 5.74) is 2.81. The highest BCUT2D eigenvalue weighted by molar-refractivity contribution is 9.10. The van der Waals surface area contributed by atoms with Crippen LogP contribution in [0, 0.1) is 0 Å². The van der Waals surface area contributed by atoms with Crippen LogP contribution in [0.2, 0.25) is 0 Å². The van der Waals surface area contributed by atoms with Crippen LogP contribution in [0.3, 0.4) is 0 Å². The molecule has 0 unspecified atom stereocenters. The molecular weight excluding hydrogens is 356 g/mol. The van der Waals surface area contributed by atoms with E-state index >= 15 is 0 Å². The lowest BCUT2D eigenvalue weighted by Gasteiger charge is -2.11. The van der Waals surface area contributed by atoms with Crippen LogP contribution in [-0.2, 0) is 13.1 Å². The molecule has 0 spiro atoms. The Kier molecular flexibility index (Phi) is 4.83. The monoisotopic (exact) mass is 370 g/mol. The van der Waals surface area contributed by atoms with Crippen molar-refractivity contribution >= 4 is 21.8 Å². The van der Waals surface area contributed by atoms with Crippen LogP contribution >= 0.6 is 15.9 Å². The lowest BCUT2D eigenvalue weighted by Crippen LogP contribution is -2.23. The van der Waals surface area contributed by atoms with Crippen molar-refractivity contribution in [2.45, 2.75) is 13.1 Å². The number of amides is 1. The van der Waals surface area contributed by atoms with E-state index in [0.29, 0.717) is 18.7 Å². The topological polar surface area (TPSA) is 59.8 Å². The van der Waals surface area contributed by atoms with Gasteiger partial charge in [0.2, 0.25) is 0 Å². The number of hydrogen-bond donors (Lipinski definition) is 1. The van der Waals surface area contributed by atoms with Gasteiger partial charge in [0.15, 0.2) is 0 Å². The summed E-state index contributed by atoms with van der Waals surface area (Å²) in [7, 11) is 0. The highest BCUT2D eigenvalue weighted by atomic mass is 79.9. The predicted molar refractivity (Wildman–Crippen MR) is 90.9 cm³/mol. The number of nitrogens with zero attached hydrogens (tertiary/aromatic N) is 3. The number of carbonyl (C=O) groups excluding carboxylic acids is 1. The summed E-state index contributed by atoms with van der Waals surface area (Å²) < 4.78 is 2.71. The van der Waals surface area contributed by atoms with Crippen LogP contribution in [0.15, 0.2) is 65.7 Å². The van der Waals surface area contributed by atoms with Crippen LogP contribution in [-0.4, -0.2) is 20.7 Å². The van der Waals surface area contributed by atoms with Gasteiger partial charge >= 0.3 is 0 Å². The number of benzene rings is 2. The number of carbonyl (C=O) groups is 1. The van der Waals surface area contributed by atoms with Gasteiger partial charge in [-0.05, 0) is 35.4 Å². The SMILES string of the molecule is O=C(NCc1ccccc1Cn1cncn1)c1ccc(Br)cc1. The third kappa shape index (κ3) is 4.04. The van der Waals surface area contributed by atoms with Crippen molar-refractivity contribution in [3.8, 4) is 0 Å². The summed E-state index contributed by atoms with van der Waals surface area (Å²) in [6.07, 6.45) is 3.19. The third-order valence-corrected chi connectivity index (χ3v) is 3.99. The van der Waals surface area contributed by atoms with Crippen molar-refractivity contribution in [1.82, 2.24) is 20.1 Å². The van der Waals surface area contributed by atoms with Crippen molar-refractivity contribution in [1.29, 1.82) is 0 Å². The van der Waals surface area contributed by atoms with Crippen molar-refractivity contribution in [3.05, 3.63) is 82.3 Å². The van der Waals surface area contributed by atoms with Crippen LogP contribution < -0.4 is 5.32 Å². The molecule has 0 bridgehead atoms. The van der Waals surface area contributed by atoms with Gasteiger partial charge in [0.25, 0.3) is 5.91 Å². The maximum atomic E-state index is 12.2. The Morgan fingerprint density at radius 1 is 1.09 bits per heavy atom. The smallest absolute Gasteiger partial charge is 0.251 e. The molecule has 3 rings (SSSR count). The van der Waals surface area contributed by atoms with E-state index < -0.39 is 0 Å². The fraction of sp³-hybridized carbons (Fsp3) is 0.118. The molecule has 5 nitrogen and oxygen atoms in total. The van der Waals surface area contributed by atoms with E-state index in [1.807, 2.05) is 36.4 Å². The molecule has 2 aromatic carbocycles. The first-order valence-electron chi connectivity index (χ1n) is 7.15. The molecule has 0 atom stereocenters. The predicted octanol–water partition coefficient (Wildman–Crippen LogP) is 3.02. The van der Waals surface area contributed by atoms with Gasteiger partial charge in [-0.1, -0.05) is 40.2 Å². The average molecular weight is 371 g/mol. The summed E-state index contributed by atoms with van der Waals surface area (Å²) >= 11 is 3.36. The second kappa shape index (κ2) is 7.19. The molecule has 0 aliphatic carbocycles. The molecule has 1 N–H and O–H groups in total. The molecule has 1 heterocycles. The normalized spacial score (nSPS) is 10.5. The first kappa shape index (κ1) is 15.4. The Morgan fingerprint density at radius 3 is 2.52 bits per heavy atom. The quantitative estimate of drug-likeness (QED) is 0.750. The molecule has 0 fully saturated rings. The van der Waals surface area contributed by atoms with E-state index in [0.717, 1.165) is 15.6 Å². The van der Waals surface area contributed by atoms with Gasteiger partial charge < -0.3 is 5.32 Å². The zero-order chi connectivity index (χ0) is 16.1. The van der Waals surface area contributed by atoms with Crippen molar-refractivity contribution in [2.75, 3.05) is 0 Å². The van der Waals surface area contributed by atoms with Gasteiger partial charge in [-0.15, -0.1) is 0 Å². The minimum atomic E-state index is -0.0898. The summed E-state index contributed by atoms with van der Waals surface area (Å²) in [6.45, 7) is 1.10. The summed E-state index contributed by atoms with van der Waals surface area (Å²) in [5.74, 6) is -0.0898. The van der Waals surface area contributed by atoms with E-state index in [9.17, 15) is 4.79 Å². The van der Waals surface area contributed by atoms with Crippen LogP contribution in [0.25, 0.3) is 0 Å². The van der Waals surface area contributed by atoms with Gasteiger partial charge in [0.1, 0.15) is 12.7 Å². The molecule has 0 aliphatic rings. The summed E-state index contributed by atoms with van der Waals surface area (Å²) in [6, 6.07) is 15.3. The Morgan fingerprint density at radius 2 is 1.83 bits per heavy atom. The molecule has 23 heavy (non-hydrogen) atoms. The fourth-order valence-electron chi connectivity index (χ4n) is 2.25. The van der Waals surface area contributed by atoms with Crippen molar-refractivity contribution in [2.24, 2.45) is 0 Å². The van der Waals surface area contributed by atoms with Gasteiger partial charge in [-0.25, -0.2) is 9.67 Å². The van der Waals surface area contributed by atoms with E-state index in [2.05, 4.69) is 31.3 Å². The highest BCUT2D eigenvalue weighted by Gasteiger charge is 2.07. The lowest BCUT2D eigenvalue weighted by atomic mass is 10.1. The minimum Gasteiger partial charge on any atom is -0.348 e. The number of halogens is 1. The molecule has 0 radical (unpaired) electrons. The van der Waals surface area contributed by atoms with Gasteiger partial charge in [-0.3, -0.25) is 4.79 Å². The molecule has 3 aromatic rings. The minimum absolute atomic E-state index is 0.0898. The second-order valence-corrected chi connectivity index (χ2v) is 5.97. The Bertz CT molecular complexity index is 785. The van der Waals surface area contributed by atoms with E-state index in [-0.39, 0.29) is 5.91 Å². The maximum Gasteiger partial charge on any atom is 0.251 e. The highest BCUT2D eigenvalue weighted by Crippen LogP contribution is 2.12. The first-order chi connectivity index (χ1) is 11.2. The van der Waals surface area contributed by atoms with Crippen molar-refractivity contribution in [3.63, 3.8) is 0 Å². The lowest BCUT2D eigenvalue weighted by molar-refractivity contribution is 0.0951. The molecular formula is C17H15BrN4O. The second-order valence-electron chi connectivity index (χ2n) is 5.05. The van der Waals surface area contributed by atoms with E-state index in [1.54, 1.807) is 23.1 Å². The average Bonchev–Trinajstić information content (AvgIpc) is 3.07. The Labute approximate surface area is 142 Å². The molecule has 0 saturated heterocycles. The molecule has 1 aromatic heterocycles. The number of aromatic nitrogens is 3. The largest absolute Gasteiger partial charge is 0.348 e. The molecule has 1 amide bonds. The Hall–Kier alpha value is -2.47.